The standard InChI is InChI=1S/C12H8BrF3N2O2S/c13-8-5-7(1-2-11(8)17)21(19,20)18-6-3-9(14)12(16)10(15)4-6/h1-5,18H,17H2. The molecule has 0 radical (unpaired) electrons. The monoisotopic (exact) mass is 380 g/mol. The van der Waals surface area contributed by atoms with Gasteiger partial charge in [0.1, 0.15) is 0 Å². The second-order valence-corrected chi connectivity index (χ2v) is 6.58. The molecule has 2 rings (SSSR count). The van der Waals surface area contributed by atoms with Crippen LogP contribution >= 0.6 is 15.9 Å². The predicted molar refractivity (Wildman–Crippen MR) is 75.7 cm³/mol. The Morgan fingerprint density at radius 1 is 1.05 bits per heavy atom. The molecule has 2 aromatic rings. The summed E-state index contributed by atoms with van der Waals surface area (Å²) < 4.78 is 65.4. The first-order chi connectivity index (χ1) is 9.70. The van der Waals surface area contributed by atoms with Crippen molar-refractivity contribution in [1.82, 2.24) is 0 Å². The van der Waals surface area contributed by atoms with Crippen LogP contribution in [0.25, 0.3) is 0 Å². The van der Waals surface area contributed by atoms with Crippen LogP contribution in [0, 0.1) is 17.5 Å². The molecule has 0 aliphatic heterocycles. The van der Waals surface area contributed by atoms with Crippen LogP contribution in [0.1, 0.15) is 0 Å². The van der Waals surface area contributed by atoms with Crippen LogP contribution in [-0.4, -0.2) is 8.42 Å². The molecule has 0 heterocycles. The summed E-state index contributed by atoms with van der Waals surface area (Å²) in [7, 11) is -4.09. The molecule has 0 amide bonds. The van der Waals surface area contributed by atoms with Gasteiger partial charge in [-0.1, -0.05) is 0 Å². The maximum Gasteiger partial charge on any atom is 0.261 e. The average molecular weight is 381 g/mol. The van der Waals surface area contributed by atoms with E-state index in [2.05, 4.69) is 15.9 Å². The minimum absolute atomic E-state index is 0.172. The third-order valence-corrected chi connectivity index (χ3v) is 4.58. The van der Waals surface area contributed by atoms with Crippen molar-refractivity contribution in [3.63, 3.8) is 0 Å². The van der Waals surface area contributed by atoms with Gasteiger partial charge in [0.05, 0.1) is 10.6 Å². The van der Waals surface area contributed by atoms with Crippen LogP contribution in [0.15, 0.2) is 39.7 Å². The van der Waals surface area contributed by atoms with Gasteiger partial charge in [-0.25, -0.2) is 21.6 Å². The van der Waals surface area contributed by atoms with Gasteiger partial charge in [-0.05, 0) is 34.1 Å². The lowest BCUT2D eigenvalue weighted by atomic mass is 10.3. The van der Waals surface area contributed by atoms with E-state index in [9.17, 15) is 21.6 Å². The number of anilines is 2. The van der Waals surface area contributed by atoms with Gasteiger partial charge in [0.15, 0.2) is 17.5 Å². The molecular formula is C12H8BrF3N2O2S. The smallest absolute Gasteiger partial charge is 0.261 e. The lowest BCUT2D eigenvalue weighted by molar-refractivity contribution is 0.448. The van der Waals surface area contributed by atoms with Crippen molar-refractivity contribution in [2.75, 3.05) is 10.5 Å². The number of nitrogens with one attached hydrogen (secondary N) is 1. The molecule has 0 aliphatic rings. The van der Waals surface area contributed by atoms with Crippen LogP contribution in [-0.2, 0) is 10.0 Å². The molecule has 0 fully saturated rings. The second-order valence-electron chi connectivity index (χ2n) is 4.04. The molecule has 4 nitrogen and oxygen atoms in total. The van der Waals surface area contributed by atoms with Crippen LogP contribution in [0.3, 0.4) is 0 Å². The summed E-state index contributed by atoms with van der Waals surface area (Å²) in [5, 5.41) is 0. The number of hydrogen-bond acceptors (Lipinski definition) is 3. The molecule has 0 saturated heterocycles. The Morgan fingerprint density at radius 3 is 2.14 bits per heavy atom. The van der Waals surface area contributed by atoms with Crippen LogP contribution < -0.4 is 10.5 Å². The van der Waals surface area contributed by atoms with E-state index >= 15 is 0 Å². The van der Waals surface area contributed by atoms with Crippen LogP contribution in [0.5, 0.6) is 0 Å². The molecule has 0 unspecified atom stereocenters. The van der Waals surface area contributed by atoms with Crippen molar-refractivity contribution in [2.45, 2.75) is 4.90 Å². The molecule has 0 aromatic heterocycles. The summed E-state index contributed by atoms with van der Waals surface area (Å²) in [6.07, 6.45) is 0. The summed E-state index contributed by atoms with van der Waals surface area (Å²) in [4.78, 5) is -0.172. The molecule has 112 valence electrons. The van der Waals surface area contributed by atoms with Crippen molar-refractivity contribution >= 4 is 37.3 Å². The predicted octanol–water partition coefficient (Wildman–Crippen LogP) is 3.25. The molecule has 0 saturated carbocycles. The molecule has 3 N–H and O–H groups in total. The third kappa shape index (κ3) is 3.30. The zero-order chi connectivity index (χ0) is 15.8. The van der Waals surface area contributed by atoms with E-state index in [1.165, 1.54) is 18.2 Å². The summed E-state index contributed by atoms with van der Waals surface area (Å²) in [6.45, 7) is 0. The molecule has 0 spiro atoms. The largest absolute Gasteiger partial charge is 0.398 e. The van der Waals surface area contributed by atoms with Gasteiger partial charge in [-0.3, -0.25) is 4.72 Å². The minimum Gasteiger partial charge on any atom is -0.398 e. The first-order valence-electron chi connectivity index (χ1n) is 5.43. The van der Waals surface area contributed by atoms with Crippen LogP contribution in [0.4, 0.5) is 24.5 Å². The lowest BCUT2D eigenvalue weighted by Gasteiger charge is -2.10. The number of nitrogens with two attached hydrogens (primary N) is 1. The van der Waals surface area contributed by atoms with Gasteiger partial charge in [-0.15, -0.1) is 0 Å². The third-order valence-electron chi connectivity index (χ3n) is 2.52. The van der Waals surface area contributed by atoms with E-state index in [-0.39, 0.29) is 4.90 Å². The fourth-order valence-electron chi connectivity index (χ4n) is 1.50. The van der Waals surface area contributed by atoms with E-state index in [4.69, 9.17) is 5.73 Å². The highest BCUT2D eigenvalue weighted by Crippen LogP contribution is 2.25. The molecule has 9 heteroatoms. The molecular weight excluding hydrogens is 373 g/mol. The van der Waals surface area contributed by atoms with Crippen molar-refractivity contribution in [3.8, 4) is 0 Å². The first kappa shape index (κ1) is 15.6. The van der Waals surface area contributed by atoms with Gasteiger partial charge in [0.2, 0.25) is 0 Å². The van der Waals surface area contributed by atoms with Gasteiger partial charge in [-0.2, -0.15) is 0 Å². The lowest BCUT2D eigenvalue weighted by Crippen LogP contribution is -2.14. The van der Waals surface area contributed by atoms with E-state index in [0.717, 1.165) is 0 Å². The zero-order valence-corrected chi connectivity index (χ0v) is 12.6. The second kappa shape index (κ2) is 5.57. The van der Waals surface area contributed by atoms with E-state index < -0.39 is 33.2 Å². The topological polar surface area (TPSA) is 72.2 Å². The molecule has 2 aromatic carbocycles. The zero-order valence-electron chi connectivity index (χ0n) is 10.2. The highest BCUT2D eigenvalue weighted by molar-refractivity contribution is 9.10. The maximum absolute atomic E-state index is 13.1. The van der Waals surface area contributed by atoms with Crippen molar-refractivity contribution < 1.29 is 21.6 Å². The number of nitrogen functional groups attached to an aromatic ring is 1. The fraction of sp³-hybridized carbons (Fsp3) is 0. The van der Waals surface area contributed by atoms with E-state index in [1.807, 2.05) is 4.72 Å². The summed E-state index contributed by atoms with van der Waals surface area (Å²) in [5.74, 6) is -4.66. The van der Waals surface area contributed by atoms with Crippen LogP contribution in [0.2, 0.25) is 0 Å². The quantitative estimate of drug-likeness (QED) is 0.634. The van der Waals surface area contributed by atoms with Crippen molar-refractivity contribution in [1.29, 1.82) is 0 Å². The molecule has 0 bridgehead atoms. The van der Waals surface area contributed by atoms with Crippen molar-refractivity contribution in [2.24, 2.45) is 0 Å². The SMILES string of the molecule is Nc1ccc(S(=O)(=O)Nc2cc(F)c(F)c(F)c2)cc1Br. The normalized spacial score (nSPS) is 11.4. The Hall–Kier alpha value is -1.74. The number of rotatable bonds is 3. The number of sulfonamides is 1. The van der Waals surface area contributed by atoms with Gasteiger partial charge >= 0.3 is 0 Å². The summed E-state index contributed by atoms with van der Waals surface area (Å²) >= 11 is 3.07. The maximum atomic E-state index is 13.1. The number of benzene rings is 2. The Bertz CT molecular complexity index is 789. The number of hydrogen-bond donors (Lipinski definition) is 2. The molecule has 0 aliphatic carbocycles. The summed E-state index contributed by atoms with van der Waals surface area (Å²) in [5.41, 5.74) is 5.43. The van der Waals surface area contributed by atoms with Gasteiger partial charge < -0.3 is 5.73 Å². The molecule has 0 atom stereocenters. The minimum atomic E-state index is -4.09. The van der Waals surface area contributed by atoms with E-state index in [0.29, 0.717) is 22.3 Å². The summed E-state index contributed by atoms with van der Waals surface area (Å²) in [6, 6.07) is 4.89. The van der Waals surface area contributed by atoms with Gasteiger partial charge in [0.25, 0.3) is 10.0 Å². The Balaban J connectivity index is 2.39. The Labute approximate surface area is 127 Å². The van der Waals surface area contributed by atoms with Crippen molar-refractivity contribution in [3.05, 3.63) is 52.3 Å². The Kier molecular flexibility index (Phi) is 4.15. The van der Waals surface area contributed by atoms with Gasteiger partial charge in [0, 0.05) is 22.3 Å². The highest BCUT2D eigenvalue weighted by atomic mass is 79.9. The Morgan fingerprint density at radius 2 is 1.62 bits per heavy atom. The number of halogens is 4. The molecule has 21 heavy (non-hydrogen) atoms. The first-order valence-corrected chi connectivity index (χ1v) is 7.71. The fourth-order valence-corrected chi connectivity index (χ4v) is 3.10. The van der Waals surface area contributed by atoms with E-state index in [1.54, 1.807) is 0 Å². The highest BCUT2D eigenvalue weighted by Gasteiger charge is 2.18. The average Bonchev–Trinajstić information content (AvgIpc) is 2.38.